The van der Waals surface area contributed by atoms with E-state index in [0.717, 1.165) is 13.8 Å². The summed E-state index contributed by atoms with van der Waals surface area (Å²) in [7, 11) is 0. The van der Waals surface area contributed by atoms with Crippen molar-refractivity contribution in [3.63, 3.8) is 0 Å². The van der Waals surface area contributed by atoms with Gasteiger partial charge < -0.3 is 69.9 Å². The zero-order chi connectivity index (χ0) is 53.1. The second-order valence-electron chi connectivity index (χ2n) is 19.3. The van der Waals surface area contributed by atoms with Gasteiger partial charge in [0, 0.05) is 37.7 Å². The van der Waals surface area contributed by atoms with Gasteiger partial charge in [-0.15, -0.1) is 0 Å². The largest absolute Gasteiger partial charge is 0.456 e. The van der Waals surface area contributed by atoms with Crippen LogP contribution in [0.15, 0.2) is 102 Å². The summed E-state index contributed by atoms with van der Waals surface area (Å²) in [6, 6.07) is 22.9. The molecule has 390 valence electrons. The van der Waals surface area contributed by atoms with E-state index >= 15 is 4.79 Å². The first-order valence-corrected chi connectivity index (χ1v) is 23.4. The Kier molecular flexibility index (Phi) is 17.0. The molecule has 2 saturated carbocycles. The smallest absolute Gasteiger partial charge is 0.338 e. The van der Waals surface area contributed by atoms with Crippen LogP contribution in [0.4, 0.5) is 0 Å². The highest BCUT2D eigenvalue weighted by molar-refractivity contribution is 5.96. The number of hydrogen-bond donors (Lipinski definition) is 9. The van der Waals surface area contributed by atoms with E-state index in [4.69, 9.17) is 49.2 Å². The van der Waals surface area contributed by atoms with Crippen molar-refractivity contribution in [1.29, 1.82) is 0 Å². The van der Waals surface area contributed by atoms with Crippen molar-refractivity contribution in [2.24, 2.45) is 16.7 Å². The molecule has 3 aliphatic carbocycles. The first kappa shape index (κ1) is 55.4. The standard InChI is InChI=1S/C47H51NO14.C5H12O5/c1-25-31(60-43(56)36(52)35(28-16-10-7-11-17-28)48-41(54)29-18-12-8-13-19-29)23-47(57)40(61-42(55)30-20-14-9-15-21-30)38-45(6,32(51)22-33-46(38,24-58-33)62-27(3)50)39(53)37(59-26(2)49)34(25)44(47,4)5;6-1-3(8)5(10)4(9)2-7/h7-21,31-33,35-38,40,51-52,57H,22-24H2,1-6H3,(H,48,54);3-10H,1-2H2/t31-,32-,33+,35-,36+,37+,38-,40-,45+,46-,47+;3-,4+,5+/m0./s1. The summed E-state index contributed by atoms with van der Waals surface area (Å²) in [4.78, 5) is 83.5. The number of aliphatic hydroxyl groups excluding tert-OH is 7. The van der Waals surface area contributed by atoms with Gasteiger partial charge in [0.1, 0.15) is 42.2 Å². The molecule has 3 aromatic rings. The van der Waals surface area contributed by atoms with E-state index in [1.165, 1.54) is 26.0 Å². The number of aliphatic hydroxyl groups is 8. The summed E-state index contributed by atoms with van der Waals surface area (Å²) in [5.41, 5.74) is -7.02. The monoisotopic (exact) mass is 1010 g/mol. The van der Waals surface area contributed by atoms with Gasteiger partial charge in [0.05, 0.1) is 48.9 Å². The lowest BCUT2D eigenvalue weighted by atomic mass is 9.44. The molecular weight excluding hydrogens is 943 g/mol. The molecule has 2 bridgehead atoms. The maximum atomic E-state index is 15.5. The molecule has 3 fully saturated rings. The van der Waals surface area contributed by atoms with Crippen LogP contribution in [0.2, 0.25) is 0 Å². The fourth-order valence-electron chi connectivity index (χ4n) is 10.7. The number of benzene rings is 3. The number of carbonyl (C=O) groups is 6. The number of Topliss-reactive ketones (excluding diaryl/α,β-unsaturated/α-hetero) is 1. The SMILES string of the molecule is CC(=O)O[C@H]1C(=O)[C@@]2(C)[C@H]([C@H](OC(=O)c3ccccc3)[C@]3(O)C[C@H](OC(=O)[C@H](O)[C@@H](NC(=O)c4ccccc4)c4ccccc4)C(C)=C1C3(C)C)[C@]1(OC(C)=O)CO[C@@H]1C[C@@H]2O.OC[C@@H](O)[C@H](O)[C@@H](O)CO. The maximum Gasteiger partial charge on any atom is 0.338 e. The lowest BCUT2D eigenvalue weighted by Gasteiger charge is -2.67. The van der Waals surface area contributed by atoms with Gasteiger partial charge in [-0.3, -0.25) is 19.2 Å². The highest BCUT2D eigenvalue weighted by atomic mass is 16.6. The molecule has 0 unspecified atom stereocenters. The van der Waals surface area contributed by atoms with E-state index in [-0.39, 0.29) is 35.3 Å². The zero-order valence-electron chi connectivity index (χ0n) is 40.6. The van der Waals surface area contributed by atoms with Crippen LogP contribution in [0.25, 0.3) is 0 Å². The molecule has 1 aliphatic heterocycles. The van der Waals surface area contributed by atoms with Gasteiger partial charge in [-0.2, -0.15) is 0 Å². The number of ether oxygens (including phenoxy) is 5. The predicted molar refractivity (Wildman–Crippen MR) is 250 cm³/mol. The van der Waals surface area contributed by atoms with Gasteiger partial charge >= 0.3 is 23.9 Å². The zero-order valence-corrected chi connectivity index (χ0v) is 40.6. The third-order valence-corrected chi connectivity index (χ3v) is 14.6. The van der Waals surface area contributed by atoms with E-state index < -0.39 is 144 Å². The molecule has 4 aliphatic rings. The predicted octanol–water partition coefficient (Wildman–Crippen LogP) is 0.789. The first-order valence-electron chi connectivity index (χ1n) is 23.4. The minimum Gasteiger partial charge on any atom is -0.456 e. The minimum absolute atomic E-state index is 0.00289. The summed E-state index contributed by atoms with van der Waals surface area (Å²) in [6.45, 7) is 6.69. The molecule has 7 rings (SSSR count). The average Bonchev–Trinajstić information content (AvgIpc) is 3.36. The summed E-state index contributed by atoms with van der Waals surface area (Å²) in [5.74, 6) is -6.84. The van der Waals surface area contributed by atoms with Crippen LogP contribution in [0.5, 0.6) is 0 Å². The van der Waals surface area contributed by atoms with Crippen LogP contribution in [-0.2, 0) is 42.9 Å². The molecule has 14 atom stereocenters. The van der Waals surface area contributed by atoms with Gasteiger partial charge in [0.15, 0.2) is 23.6 Å². The molecule has 3 aromatic carbocycles. The molecule has 72 heavy (non-hydrogen) atoms. The molecule has 20 nitrogen and oxygen atoms in total. The van der Waals surface area contributed by atoms with Gasteiger partial charge in [0.2, 0.25) is 0 Å². The molecular formula is C52H63NO19. The second-order valence-corrected chi connectivity index (χ2v) is 19.3. The Hall–Kier alpha value is -5.94. The Bertz CT molecular complexity index is 2480. The fraction of sp³-hybridized carbons (Fsp3) is 0.500. The number of nitrogens with one attached hydrogen (secondary N) is 1. The molecule has 1 saturated heterocycles. The third-order valence-electron chi connectivity index (χ3n) is 14.6. The minimum atomic E-state index is -2.39. The molecule has 1 heterocycles. The van der Waals surface area contributed by atoms with E-state index in [1.807, 2.05) is 0 Å². The van der Waals surface area contributed by atoms with Crippen molar-refractivity contribution in [2.75, 3.05) is 19.8 Å². The Morgan fingerprint density at radius 2 is 1.32 bits per heavy atom. The van der Waals surface area contributed by atoms with Crippen LogP contribution in [0.1, 0.15) is 86.7 Å². The summed E-state index contributed by atoms with van der Waals surface area (Å²) >= 11 is 0. The number of amides is 1. The summed E-state index contributed by atoms with van der Waals surface area (Å²) < 4.78 is 30.3. The average molecular weight is 1010 g/mol. The van der Waals surface area contributed by atoms with Crippen LogP contribution in [0.3, 0.4) is 0 Å². The van der Waals surface area contributed by atoms with Crippen LogP contribution < -0.4 is 5.32 Å². The van der Waals surface area contributed by atoms with Crippen molar-refractivity contribution in [3.8, 4) is 0 Å². The number of esters is 4. The Balaban J connectivity index is 0.000000764. The number of rotatable bonds is 14. The Morgan fingerprint density at radius 1 is 0.778 bits per heavy atom. The molecule has 1 amide bonds. The fourth-order valence-corrected chi connectivity index (χ4v) is 10.7. The Morgan fingerprint density at radius 3 is 1.82 bits per heavy atom. The van der Waals surface area contributed by atoms with E-state index in [0.29, 0.717) is 5.56 Å². The topological polar surface area (TPSA) is 322 Å². The highest BCUT2D eigenvalue weighted by Crippen LogP contribution is 2.64. The quantitative estimate of drug-likeness (QED) is 0.0612. The molecule has 0 aromatic heterocycles. The molecule has 0 spiro atoms. The molecule has 0 radical (unpaired) electrons. The van der Waals surface area contributed by atoms with Crippen molar-refractivity contribution < 1.29 is 93.3 Å². The lowest BCUT2D eigenvalue weighted by molar-refractivity contribution is -0.346. The van der Waals surface area contributed by atoms with Gasteiger partial charge in [0.25, 0.3) is 5.91 Å². The first-order chi connectivity index (χ1) is 33.9. The highest BCUT2D eigenvalue weighted by Gasteiger charge is 2.78. The molecule has 20 heteroatoms. The van der Waals surface area contributed by atoms with E-state index in [9.17, 15) is 39.3 Å². The van der Waals surface area contributed by atoms with E-state index in [2.05, 4.69) is 5.32 Å². The number of fused-ring (bicyclic) bond motifs is 5. The molecule has 9 N–H and O–H groups in total. The number of ketones is 1. The summed E-state index contributed by atoms with van der Waals surface area (Å²) in [5, 5.41) is 82.8. The van der Waals surface area contributed by atoms with Gasteiger partial charge in [-0.25, -0.2) is 9.59 Å². The van der Waals surface area contributed by atoms with Gasteiger partial charge in [-0.1, -0.05) is 80.6 Å². The lowest BCUT2D eigenvalue weighted by Crippen LogP contribution is -2.82. The number of hydrogen-bond acceptors (Lipinski definition) is 19. The third kappa shape index (κ3) is 10.3. The van der Waals surface area contributed by atoms with Crippen LogP contribution in [-0.4, -0.2) is 162 Å². The van der Waals surface area contributed by atoms with Crippen LogP contribution >= 0.6 is 0 Å². The summed E-state index contributed by atoms with van der Waals surface area (Å²) in [6.07, 6.45) is -14.8. The van der Waals surface area contributed by atoms with Crippen molar-refractivity contribution in [1.82, 2.24) is 5.32 Å². The van der Waals surface area contributed by atoms with E-state index in [1.54, 1.807) is 92.7 Å². The number of carbonyl (C=O) groups excluding carboxylic acids is 6. The van der Waals surface area contributed by atoms with Crippen molar-refractivity contribution in [2.45, 2.75) is 127 Å². The maximum absolute atomic E-state index is 15.5. The van der Waals surface area contributed by atoms with Crippen molar-refractivity contribution in [3.05, 3.63) is 119 Å². The second kappa shape index (κ2) is 22.0. The van der Waals surface area contributed by atoms with Crippen molar-refractivity contribution >= 4 is 35.6 Å². The van der Waals surface area contributed by atoms with Gasteiger partial charge in [-0.05, 0) is 54.8 Å². The Labute approximate surface area is 415 Å². The van der Waals surface area contributed by atoms with Crippen LogP contribution in [0, 0.1) is 16.7 Å². The normalized spacial score (nSPS) is 30.2.